The van der Waals surface area contributed by atoms with E-state index in [1.54, 1.807) is 0 Å². The monoisotopic (exact) mass is 374 g/mol. The largest absolute Gasteiger partial charge is 0.416 e. The van der Waals surface area contributed by atoms with Crippen LogP contribution in [-0.4, -0.2) is 22.7 Å². The highest BCUT2D eigenvalue weighted by Crippen LogP contribution is 2.33. The molecule has 0 aliphatic rings. The first-order chi connectivity index (χ1) is 12.1. The molecule has 0 amide bonds. The van der Waals surface area contributed by atoms with Gasteiger partial charge in [-0.05, 0) is 36.2 Å². The van der Waals surface area contributed by atoms with Gasteiger partial charge >= 0.3 is 6.18 Å². The summed E-state index contributed by atoms with van der Waals surface area (Å²) in [4.78, 5) is 3.97. The van der Waals surface area contributed by atoms with Crippen LogP contribution in [0, 0.1) is 17.6 Å². The number of nitrogens with one attached hydrogen (secondary N) is 1. The molecule has 0 unspecified atom stereocenters. The smallest absolute Gasteiger partial charge is 0.395 e. The third kappa shape index (κ3) is 4.76. The van der Waals surface area contributed by atoms with Crippen molar-refractivity contribution in [3.8, 4) is 11.3 Å². The fourth-order valence-corrected chi connectivity index (χ4v) is 2.40. The van der Waals surface area contributed by atoms with Crippen molar-refractivity contribution in [3.05, 3.63) is 53.2 Å². The number of rotatable bonds is 6. The molecular formula is C18H19F5N2O. The molecule has 0 aliphatic carbocycles. The molecule has 3 nitrogen and oxygen atoms in total. The van der Waals surface area contributed by atoms with E-state index in [0.29, 0.717) is 18.2 Å². The molecule has 0 radical (unpaired) electrons. The lowest BCUT2D eigenvalue weighted by molar-refractivity contribution is -0.137. The van der Waals surface area contributed by atoms with Crippen molar-refractivity contribution in [1.82, 2.24) is 10.3 Å². The minimum Gasteiger partial charge on any atom is -0.395 e. The van der Waals surface area contributed by atoms with Gasteiger partial charge in [-0.3, -0.25) is 0 Å². The van der Waals surface area contributed by atoms with Crippen molar-refractivity contribution in [1.29, 1.82) is 0 Å². The predicted octanol–water partition coefficient (Wildman–Crippen LogP) is 4.15. The fourth-order valence-electron chi connectivity index (χ4n) is 2.40. The van der Waals surface area contributed by atoms with Crippen molar-refractivity contribution in [3.63, 3.8) is 0 Å². The standard InChI is InChI=1S/C18H19F5N2O/c1-10(2)17(9-26)24-8-16-14(20)5-6-15(25-16)12-7-11(18(21,22)23)3-4-13(12)19/h3-7,10,17,24,26H,8-9H2,1-2H3/t17-/m0/s1. The van der Waals surface area contributed by atoms with E-state index < -0.39 is 23.4 Å². The zero-order chi connectivity index (χ0) is 19.5. The predicted molar refractivity (Wildman–Crippen MR) is 87.1 cm³/mol. The van der Waals surface area contributed by atoms with Crippen molar-refractivity contribution >= 4 is 0 Å². The molecule has 8 heteroatoms. The maximum Gasteiger partial charge on any atom is 0.416 e. The van der Waals surface area contributed by atoms with Gasteiger partial charge in [-0.25, -0.2) is 13.8 Å². The molecule has 1 heterocycles. The Hall–Kier alpha value is -2.06. The summed E-state index contributed by atoms with van der Waals surface area (Å²) < 4.78 is 66.5. The molecular weight excluding hydrogens is 355 g/mol. The Morgan fingerprint density at radius 2 is 1.73 bits per heavy atom. The van der Waals surface area contributed by atoms with E-state index >= 15 is 0 Å². The molecule has 0 spiro atoms. The van der Waals surface area contributed by atoms with Gasteiger partial charge in [-0.15, -0.1) is 0 Å². The Labute approximate surface area is 147 Å². The Kier molecular flexibility index (Phi) is 6.30. The maximum absolute atomic E-state index is 14.0. The quantitative estimate of drug-likeness (QED) is 0.747. The van der Waals surface area contributed by atoms with Gasteiger partial charge in [-0.1, -0.05) is 13.8 Å². The summed E-state index contributed by atoms with van der Waals surface area (Å²) in [5.74, 6) is -1.48. The first-order valence-electron chi connectivity index (χ1n) is 8.00. The SMILES string of the molecule is CC(C)[C@H](CO)NCc1nc(-c2cc(C(F)(F)F)ccc2F)ccc1F. The first-order valence-corrected chi connectivity index (χ1v) is 8.00. The van der Waals surface area contributed by atoms with Crippen molar-refractivity contribution in [2.24, 2.45) is 5.92 Å². The van der Waals surface area contributed by atoms with E-state index in [2.05, 4.69) is 10.3 Å². The van der Waals surface area contributed by atoms with Crippen LogP contribution in [0.4, 0.5) is 22.0 Å². The van der Waals surface area contributed by atoms with Crippen LogP contribution in [0.25, 0.3) is 11.3 Å². The number of aromatic nitrogens is 1. The highest BCUT2D eigenvalue weighted by atomic mass is 19.4. The van der Waals surface area contributed by atoms with E-state index in [0.717, 1.165) is 12.1 Å². The molecule has 1 aromatic heterocycles. The number of hydrogen-bond donors (Lipinski definition) is 2. The maximum atomic E-state index is 14.0. The third-order valence-electron chi connectivity index (χ3n) is 4.02. The van der Waals surface area contributed by atoms with Gasteiger partial charge in [0.05, 0.1) is 23.6 Å². The molecule has 0 bridgehead atoms. The summed E-state index contributed by atoms with van der Waals surface area (Å²) in [5.41, 5.74) is -1.54. The summed E-state index contributed by atoms with van der Waals surface area (Å²) in [6.07, 6.45) is -4.63. The van der Waals surface area contributed by atoms with E-state index in [-0.39, 0.29) is 42.1 Å². The second-order valence-electron chi connectivity index (χ2n) is 6.23. The summed E-state index contributed by atoms with van der Waals surface area (Å²) in [6, 6.07) is 3.86. The Balaban J connectivity index is 2.35. The summed E-state index contributed by atoms with van der Waals surface area (Å²) in [7, 11) is 0. The van der Waals surface area contributed by atoms with Crippen molar-refractivity contribution < 1.29 is 27.1 Å². The summed E-state index contributed by atoms with van der Waals surface area (Å²) in [5, 5.41) is 12.2. The molecule has 2 N–H and O–H groups in total. The number of aliphatic hydroxyl groups excluding tert-OH is 1. The molecule has 2 aromatic rings. The molecule has 0 fully saturated rings. The van der Waals surface area contributed by atoms with Gasteiger partial charge in [-0.2, -0.15) is 13.2 Å². The van der Waals surface area contributed by atoms with E-state index in [1.807, 2.05) is 13.8 Å². The average Bonchev–Trinajstić information content (AvgIpc) is 2.56. The Morgan fingerprint density at radius 1 is 1.08 bits per heavy atom. The minimum atomic E-state index is -4.63. The van der Waals surface area contributed by atoms with Crippen LogP contribution in [0.1, 0.15) is 25.1 Å². The van der Waals surface area contributed by atoms with Crippen LogP contribution in [0.5, 0.6) is 0 Å². The van der Waals surface area contributed by atoms with Gasteiger partial charge in [0.15, 0.2) is 0 Å². The van der Waals surface area contributed by atoms with E-state index in [9.17, 15) is 27.1 Å². The normalized spacial score (nSPS) is 13.3. The molecule has 0 saturated carbocycles. The highest BCUT2D eigenvalue weighted by Gasteiger charge is 2.31. The number of aliphatic hydroxyl groups is 1. The van der Waals surface area contributed by atoms with Crippen LogP contribution < -0.4 is 5.32 Å². The fraction of sp³-hybridized carbons (Fsp3) is 0.389. The number of benzene rings is 1. The number of nitrogens with zero attached hydrogens (tertiary/aromatic N) is 1. The number of alkyl halides is 3. The molecule has 142 valence electrons. The second-order valence-corrected chi connectivity index (χ2v) is 6.23. The zero-order valence-corrected chi connectivity index (χ0v) is 14.2. The van der Waals surface area contributed by atoms with Crippen molar-refractivity contribution in [2.75, 3.05) is 6.61 Å². The zero-order valence-electron chi connectivity index (χ0n) is 14.2. The van der Waals surface area contributed by atoms with Crippen molar-refractivity contribution in [2.45, 2.75) is 32.6 Å². The highest BCUT2D eigenvalue weighted by molar-refractivity contribution is 5.61. The van der Waals surface area contributed by atoms with Crippen LogP contribution >= 0.6 is 0 Å². The average molecular weight is 374 g/mol. The Bertz CT molecular complexity index is 762. The summed E-state index contributed by atoms with van der Waals surface area (Å²) in [6.45, 7) is 3.52. The number of hydrogen-bond acceptors (Lipinski definition) is 3. The van der Waals surface area contributed by atoms with Crippen LogP contribution in [0.2, 0.25) is 0 Å². The molecule has 0 aliphatic heterocycles. The topological polar surface area (TPSA) is 45.1 Å². The number of pyridine rings is 1. The van der Waals surface area contributed by atoms with Gasteiger partial charge in [0.1, 0.15) is 11.6 Å². The Morgan fingerprint density at radius 3 is 2.31 bits per heavy atom. The molecule has 0 saturated heterocycles. The van der Waals surface area contributed by atoms with Gasteiger partial charge in [0.2, 0.25) is 0 Å². The lowest BCUT2D eigenvalue weighted by Crippen LogP contribution is -2.37. The minimum absolute atomic E-state index is 0.0519. The molecule has 26 heavy (non-hydrogen) atoms. The van der Waals surface area contributed by atoms with Gasteiger partial charge in [0.25, 0.3) is 0 Å². The molecule has 1 aromatic carbocycles. The lowest BCUT2D eigenvalue weighted by atomic mass is 10.0. The van der Waals surface area contributed by atoms with E-state index in [1.165, 1.54) is 0 Å². The van der Waals surface area contributed by atoms with Crippen LogP contribution in [0.3, 0.4) is 0 Å². The number of halogens is 5. The first kappa shape index (κ1) is 20.3. The molecule has 1 atom stereocenters. The van der Waals surface area contributed by atoms with Crippen LogP contribution in [0.15, 0.2) is 30.3 Å². The van der Waals surface area contributed by atoms with Crippen LogP contribution in [-0.2, 0) is 12.7 Å². The summed E-state index contributed by atoms with van der Waals surface area (Å²) >= 11 is 0. The lowest BCUT2D eigenvalue weighted by Gasteiger charge is -2.20. The van der Waals surface area contributed by atoms with Gasteiger partial charge in [0, 0.05) is 18.2 Å². The van der Waals surface area contributed by atoms with Gasteiger partial charge < -0.3 is 10.4 Å². The van der Waals surface area contributed by atoms with E-state index in [4.69, 9.17) is 0 Å². The third-order valence-corrected chi connectivity index (χ3v) is 4.02. The molecule has 2 rings (SSSR count). The second kappa shape index (κ2) is 8.09.